The summed E-state index contributed by atoms with van der Waals surface area (Å²) in [5.74, 6) is 0.351. The fourth-order valence-electron chi connectivity index (χ4n) is 1.88. The molecule has 6 heteroatoms. The lowest BCUT2D eigenvalue weighted by molar-refractivity contribution is -0.123. The van der Waals surface area contributed by atoms with Gasteiger partial charge in [-0.15, -0.1) is 0 Å². The first-order valence-electron chi connectivity index (χ1n) is 7.08. The molecule has 1 aromatic rings. The van der Waals surface area contributed by atoms with Crippen LogP contribution in [0.2, 0.25) is 0 Å². The second-order valence-corrected chi connectivity index (χ2v) is 6.27. The molecule has 0 atom stereocenters. The van der Waals surface area contributed by atoms with Gasteiger partial charge in [0.1, 0.15) is 0 Å². The first-order valence-corrected chi connectivity index (χ1v) is 7.87. The van der Waals surface area contributed by atoms with E-state index in [1.807, 2.05) is 25.1 Å². The van der Waals surface area contributed by atoms with E-state index in [1.165, 1.54) is 12.8 Å². The largest absolute Gasteiger partial charge is 0.346 e. The molecule has 0 aromatic heterocycles. The van der Waals surface area contributed by atoms with Crippen molar-refractivity contribution >= 4 is 33.4 Å². The van der Waals surface area contributed by atoms with Gasteiger partial charge in [0, 0.05) is 10.2 Å². The van der Waals surface area contributed by atoms with Crippen molar-refractivity contribution in [3.05, 3.63) is 28.2 Å². The smallest absolute Gasteiger partial charge is 0.243 e. The van der Waals surface area contributed by atoms with E-state index in [0.29, 0.717) is 0 Å². The Labute approximate surface area is 133 Å². The quantitative estimate of drug-likeness (QED) is 0.700. The average Bonchev–Trinajstić information content (AvgIpc) is 3.25. The van der Waals surface area contributed by atoms with Crippen LogP contribution in [0.15, 0.2) is 22.7 Å². The van der Waals surface area contributed by atoms with Crippen LogP contribution in [-0.4, -0.2) is 31.4 Å². The third-order valence-electron chi connectivity index (χ3n) is 3.34. The minimum Gasteiger partial charge on any atom is -0.346 e. The molecule has 1 aromatic carbocycles. The number of hydrogen-bond donors (Lipinski definition) is 3. The second kappa shape index (κ2) is 7.56. The van der Waals surface area contributed by atoms with E-state index in [2.05, 4.69) is 31.9 Å². The maximum atomic E-state index is 11.8. The maximum absolute atomic E-state index is 11.8. The van der Waals surface area contributed by atoms with Crippen molar-refractivity contribution in [2.75, 3.05) is 25.0 Å². The van der Waals surface area contributed by atoms with Crippen molar-refractivity contribution in [1.82, 2.24) is 10.6 Å². The summed E-state index contributed by atoms with van der Waals surface area (Å²) in [4.78, 5) is 23.4. The van der Waals surface area contributed by atoms with Crippen molar-refractivity contribution in [2.24, 2.45) is 5.92 Å². The Morgan fingerprint density at radius 1 is 1.24 bits per heavy atom. The Morgan fingerprint density at radius 3 is 2.71 bits per heavy atom. The van der Waals surface area contributed by atoms with Gasteiger partial charge in [0.15, 0.2) is 0 Å². The first-order chi connectivity index (χ1) is 10.0. The fraction of sp³-hybridized carbons (Fsp3) is 0.467. The molecule has 0 aliphatic heterocycles. The lowest BCUT2D eigenvalue weighted by atomic mass is 10.2. The number of aryl methyl sites for hydroxylation is 1. The number of hydrogen-bond acceptors (Lipinski definition) is 3. The molecule has 2 amide bonds. The summed E-state index contributed by atoms with van der Waals surface area (Å²) in [7, 11) is 0. The van der Waals surface area contributed by atoms with Gasteiger partial charge in [-0.3, -0.25) is 9.59 Å². The molecule has 1 saturated carbocycles. The zero-order valence-corrected chi connectivity index (χ0v) is 13.6. The molecule has 1 fully saturated rings. The van der Waals surface area contributed by atoms with E-state index in [-0.39, 0.29) is 24.9 Å². The zero-order chi connectivity index (χ0) is 15.2. The third kappa shape index (κ3) is 5.85. The minimum absolute atomic E-state index is 0.0180. The monoisotopic (exact) mass is 353 g/mol. The number of rotatable bonds is 7. The molecule has 21 heavy (non-hydrogen) atoms. The Balaban J connectivity index is 1.68. The van der Waals surface area contributed by atoms with Gasteiger partial charge < -0.3 is 16.0 Å². The molecule has 5 nitrogen and oxygen atoms in total. The zero-order valence-electron chi connectivity index (χ0n) is 12.0. The Kier molecular flexibility index (Phi) is 5.76. The highest BCUT2D eigenvalue weighted by Crippen LogP contribution is 2.27. The number of amides is 2. The van der Waals surface area contributed by atoms with Crippen LogP contribution in [0.3, 0.4) is 0 Å². The number of anilines is 1. The lowest BCUT2D eigenvalue weighted by Crippen LogP contribution is -2.39. The Morgan fingerprint density at radius 2 is 2.00 bits per heavy atom. The van der Waals surface area contributed by atoms with Crippen molar-refractivity contribution in [2.45, 2.75) is 19.8 Å². The predicted octanol–water partition coefficient (Wildman–Crippen LogP) is 1.81. The SMILES string of the molecule is Cc1ccc(Br)cc1NC(=O)CNC(=O)CNCC1CC1. The average molecular weight is 354 g/mol. The highest BCUT2D eigenvalue weighted by molar-refractivity contribution is 9.10. The van der Waals surface area contributed by atoms with Gasteiger partial charge in [-0.25, -0.2) is 0 Å². The van der Waals surface area contributed by atoms with Gasteiger partial charge in [0.2, 0.25) is 11.8 Å². The molecule has 114 valence electrons. The number of halogens is 1. The lowest BCUT2D eigenvalue weighted by Gasteiger charge is -2.10. The normalized spacial score (nSPS) is 13.8. The van der Waals surface area contributed by atoms with Gasteiger partial charge in [-0.2, -0.15) is 0 Å². The van der Waals surface area contributed by atoms with Crippen LogP contribution < -0.4 is 16.0 Å². The van der Waals surface area contributed by atoms with E-state index in [9.17, 15) is 9.59 Å². The number of nitrogens with one attached hydrogen (secondary N) is 3. The van der Waals surface area contributed by atoms with Crippen molar-refractivity contribution in [1.29, 1.82) is 0 Å². The standard InChI is InChI=1S/C15H20BrN3O2/c1-10-2-5-12(16)6-13(10)19-15(21)9-18-14(20)8-17-7-11-3-4-11/h2,5-6,11,17H,3-4,7-9H2,1H3,(H,18,20)(H,19,21). The summed E-state index contributed by atoms with van der Waals surface area (Å²) in [5.41, 5.74) is 1.72. The van der Waals surface area contributed by atoms with Crippen LogP contribution in [0.5, 0.6) is 0 Å². The fourth-order valence-corrected chi connectivity index (χ4v) is 2.24. The molecule has 1 aliphatic rings. The van der Waals surface area contributed by atoms with Crippen LogP contribution in [0.4, 0.5) is 5.69 Å². The summed E-state index contributed by atoms with van der Waals surface area (Å²) in [5, 5.41) is 8.48. The molecule has 0 bridgehead atoms. The molecule has 1 aliphatic carbocycles. The second-order valence-electron chi connectivity index (χ2n) is 5.36. The van der Waals surface area contributed by atoms with Gasteiger partial charge in [0.25, 0.3) is 0 Å². The molecule has 0 saturated heterocycles. The first kappa shape index (κ1) is 16.0. The third-order valence-corrected chi connectivity index (χ3v) is 3.83. The Bertz CT molecular complexity index is 530. The molecule has 3 N–H and O–H groups in total. The molecular formula is C15H20BrN3O2. The highest BCUT2D eigenvalue weighted by Gasteiger charge is 2.20. The van der Waals surface area contributed by atoms with Crippen LogP contribution in [0, 0.1) is 12.8 Å². The van der Waals surface area contributed by atoms with E-state index in [4.69, 9.17) is 0 Å². The predicted molar refractivity (Wildman–Crippen MR) is 86.1 cm³/mol. The molecular weight excluding hydrogens is 334 g/mol. The summed E-state index contributed by atoms with van der Waals surface area (Å²) in [6, 6.07) is 5.67. The molecule has 0 heterocycles. The summed E-state index contributed by atoms with van der Waals surface area (Å²) < 4.78 is 0.900. The number of benzene rings is 1. The summed E-state index contributed by atoms with van der Waals surface area (Å²) in [6.07, 6.45) is 2.51. The van der Waals surface area contributed by atoms with E-state index in [1.54, 1.807) is 0 Å². The summed E-state index contributed by atoms with van der Waals surface area (Å²) in [6.45, 7) is 3.05. The van der Waals surface area contributed by atoms with E-state index >= 15 is 0 Å². The maximum Gasteiger partial charge on any atom is 0.243 e. The number of carbonyl (C=O) groups is 2. The van der Waals surface area contributed by atoms with E-state index in [0.717, 1.165) is 28.2 Å². The molecule has 0 unspecified atom stereocenters. The Hall–Kier alpha value is -1.40. The number of carbonyl (C=O) groups excluding carboxylic acids is 2. The van der Waals surface area contributed by atoms with Gasteiger partial charge in [-0.1, -0.05) is 22.0 Å². The molecule has 0 radical (unpaired) electrons. The summed E-state index contributed by atoms with van der Waals surface area (Å²) >= 11 is 3.36. The van der Waals surface area contributed by atoms with Gasteiger partial charge in [0.05, 0.1) is 13.1 Å². The van der Waals surface area contributed by atoms with Gasteiger partial charge >= 0.3 is 0 Å². The highest BCUT2D eigenvalue weighted by atomic mass is 79.9. The van der Waals surface area contributed by atoms with E-state index < -0.39 is 0 Å². The van der Waals surface area contributed by atoms with Crippen LogP contribution in [-0.2, 0) is 9.59 Å². The van der Waals surface area contributed by atoms with Crippen LogP contribution in [0.1, 0.15) is 18.4 Å². The van der Waals surface area contributed by atoms with Crippen molar-refractivity contribution in [3.63, 3.8) is 0 Å². The van der Waals surface area contributed by atoms with Crippen LogP contribution >= 0.6 is 15.9 Å². The van der Waals surface area contributed by atoms with Crippen molar-refractivity contribution < 1.29 is 9.59 Å². The van der Waals surface area contributed by atoms with Crippen molar-refractivity contribution in [3.8, 4) is 0 Å². The topological polar surface area (TPSA) is 70.2 Å². The van der Waals surface area contributed by atoms with Gasteiger partial charge in [-0.05, 0) is 49.9 Å². The molecule has 0 spiro atoms. The van der Waals surface area contributed by atoms with Crippen LogP contribution in [0.25, 0.3) is 0 Å². The minimum atomic E-state index is -0.230. The molecule has 2 rings (SSSR count).